The zero-order valence-corrected chi connectivity index (χ0v) is 16.7. The fourth-order valence-electron chi connectivity index (χ4n) is 2.37. The molecular weight excluding hydrogens is 287 g/mol. The first-order valence-electron chi connectivity index (χ1n) is 8.71. The van der Waals surface area contributed by atoms with Crippen molar-refractivity contribution in [2.24, 2.45) is 0 Å². The number of hydrogen-bond donors (Lipinski definition) is 1. The van der Waals surface area contributed by atoms with Gasteiger partial charge in [0.25, 0.3) is 0 Å². The molecule has 22 heavy (non-hydrogen) atoms. The Morgan fingerprint density at radius 3 is 2.18 bits per heavy atom. The Bertz CT molecular complexity index is 267. The number of carboxylic acids is 1. The molecule has 0 aromatic rings. The molecule has 124 valence electrons. The third kappa shape index (κ3) is 20.2. The van der Waals surface area contributed by atoms with Gasteiger partial charge < -0.3 is 15.0 Å². The van der Waals surface area contributed by atoms with Crippen LogP contribution in [0.5, 0.6) is 0 Å². The molecule has 0 aliphatic rings. The Morgan fingerprint density at radius 2 is 1.59 bits per heavy atom. The molecule has 1 N–H and O–H groups in total. The quantitative estimate of drug-likeness (QED) is 0.275. The predicted molar refractivity (Wildman–Crippen MR) is 85.8 cm³/mol. The van der Waals surface area contributed by atoms with Gasteiger partial charge in [-0.1, -0.05) is 70.4 Å². The van der Waals surface area contributed by atoms with Crippen LogP contribution in [-0.2, 0) is 4.79 Å². The molecule has 0 saturated heterocycles. The molecule has 0 radical (unpaired) electrons. The van der Waals surface area contributed by atoms with E-state index in [4.69, 9.17) is 0 Å². The summed E-state index contributed by atoms with van der Waals surface area (Å²) in [5.74, 6) is -0.978. The molecule has 1 unspecified atom stereocenters. The zero-order chi connectivity index (χ0) is 15.8. The number of carboxylic acid groups (broad SMARTS) is 1. The van der Waals surface area contributed by atoms with Gasteiger partial charge in [-0.25, -0.2) is 0 Å². The van der Waals surface area contributed by atoms with E-state index < -0.39 is 5.97 Å². The van der Waals surface area contributed by atoms with Crippen LogP contribution in [0, 0.1) is 0 Å². The van der Waals surface area contributed by atoms with Crippen molar-refractivity contribution in [3.05, 3.63) is 12.2 Å². The summed E-state index contributed by atoms with van der Waals surface area (Å²) in [5.41, 5.74) is 0. The maximum atomic E-state index is 10.2. The maximum Gasteiger partial charge on any atom is 1.00 e. The summed E-state index contributed by atoms with van der Waals surface area (Å²) in [7, 11) is 0. The van der Waals surface area contributed by atoms with Gasteiger partial charge in [0.15, 0.2) is 0 Å². The summed E-state index contributed by atoms with van der Waals surface area (Å²) >= 11 is 0. The minimum atomic E-state index is -0.978. The monoisotopic (exact) mass is 320 g/mol. The largest absolute Gasteiger partial charge is 1.00 e. The van der Waals surface area contributed by atoms with E-state index in [1.54, 1.807) is 0 Å². The molecule has 0 bridgehead atoms. The molecular formula is C18H33NaO3. The van der Waals surface area contributed by atoms with Gasteiger partial charge in [-0.05, 0) is 32.1 Å². The number of aliphatic hydroxyl groups excluding tert-OH is 1. The molecule has 4 heteroatoms. The first-order valence-corrected chi connectivity index (χ1v) is 8.71. The summed E-state index contributed by atoms with van der Waals surface area (Å²) in [6, 6.07) is 0. The van der Waals surface area contributed by atoms with E-state index in [1.165, 1.54) is 44.9 Å². The maximum absolute atomic E-state index is 10.2. The molecule has 0 heterocycles. The third-order valence-corrected chi connectivity index (χ3v) is 3.71. The molecule has 0 rings (SSSR count). The molecule has 0 amide bonds. The number of carbonyl (C=O) groups is 1. The zero-order valence-electron chi connectivity index (χ0n) is 14.7. The van der Waals surface area contributed by atoms with Gasteiger partial charge in [0.05, 0.1) is 6.10 Å². The average Bonchev–Trinajstić information content (AvgIpc) is 2.45. The fraction of sp³-hybridized carbons (Fsp3) is 0.833. The van der Waals surface area contributed by atoms with Gasteiger partial charge in [0.2, 0.25) is 0 Å². The van der Waals surface area contributed by atoms with Crippen molar-refractivity contribution in [1.82, 2.24) is 0 Å². The van der Waals surface area contributed by atoms with E-state index in [0.717, 1.165) is 25.7 Å². The van der Waals surface area contributed by atoms with Crippen molar-refractivity contribution >= 4 is 5.97 Å². The second kappa shape index (κ2) is 19.2. The number of aliphatic hydroxyl groups is 1. The normalized spacial score (nSPS) is 12.3. The second-order valence-corrected chi connectivity index (χ2v) is 5.88. The topological polar surface area (TPSA) is 60.4 Å². The van der Waals surface area contributed by atoms with E-state index >= 15 is 0 Å². The molecule has 1 atom stereocenters. The first kappa shape index (κ1) is 24.4. The van der Waals surface area contributed by atoms with Crippen LogP contribution in [0.2, 0.25) is 0 Å². The summed E-state index contributed by atoms with van der Waals surface area (Å²) in [4.78, 5) is 10.2. The smallest absolute Gasteiger partial charge is 0.550 e. The van der Waals surface area contributed by atoms with Crippen molar-refractivity contribution in [1.29, 1.82) is 0 Å². The summed E-state index contributed by atoms with van der Waals surface area (Å²) < 4.78 is 0. The van der Waals surface area contributed by atoms with Crippen LogP contribution in [-0.4, -0.2) is 17.2 Å². The van der Waals surface area contributed by atoms with Crippen molar-refractivity contribution in [3.63, 3.8) is 0 Å². The van der Waals surface area contributed by atoms with Crippen LogP contribution in [0.25, 0.3) is 0 Å². The summed E-state index contributed by atoms with van der Waals surface area (Å²) in [6.07, 6.45) is 17.0. The standard InChI is InChI=1S/C18H34O3.Na/c1-2-3-4-5-6-7-8-11-14-17(19)15-12-9-10-13-16-18(20)21;/h12,15,17,19H,2-11,13-14,16H2,1H3,(H,20,21);/q;+1/p-1/b15-12+;. The average molecular weight is 320 g/mol. The van der Waals surface area contributed by atoms with Gasteiger partial charge >= 0.3 is 29.6 Å². The Balaban J connectivity index is 0. The number of allylic oxidation sites excluding steroid dienone is 1. The van der Waals surface area contributed by atoms with Gasteiger partial charge in [-0.3, -0.25) is 0 Å². The van der Waals surface area contributed by atoms with Crippen LogP contribution in [0.15, 0.2) is 12.2 Å². The molecule has 3 nitrogen and oxygen atoms in total. The van der Waals surface area contributed by atoms with Gasteiger partial charge in [-0.2, -0.15) is 0 Å². The summed E-state index contributed by atoms with van der Waals surface area (Å²) in [5, 5.41) is 20.0. The van der Waals surface area contributed by atoms with Gasteiger partial charge in [0, 0.05) is 5.97 Å². The minimum absolute atomic E-state index is 0. The number of carbonyl (C=O) groups excluding carboxylic acids is 1. The van der Waals surface area contributed by atoms with E-state index in [-0.39, 0.29) is 42.1 Å². The third-order valence-electron chi connectivity index (χ3n) is 3.71. The molecule has 0 saturated carbocycles. The molecule has 0 aliphatic carbocycles. The van der Waals surface area contributed by atoms with Crippen molar-refractivity contribution in [2.45, 2.75) is 96.5 Å². The predicted octanol–water partition coefficient (Wildman–Crippen LogP) is 0.749. The Hall–Kier alpha value is 0.170. The van der Waals surface area contributed by atoms with Crippen LogP contribution in [0.4, 0.5) is 0 Å². The van der Waals surface area contributed by atoms with E-state index in [2.05, 4.69) is 6.92 Å². The second-order valence-electron chi connectivity index (χ2n) is 5.88. The fourth-order valence-corrected chi connectivity index (χ4v) is 2.37. The van der Waals surface area contributed by atoms with E-state index in [9.17, 15) is 15.0 Å². The van der Waals surface area contributed by atoms with Crippen molar-refractivity contribution in [3.8, 4) is 0 Å². The Kier molecular flexibility index (Phi) is 21.3. The summed E-state index contributed by atoms with van der Waals surface area (Å²) in [6.45, 7) is 2.23. The van der Waals surface area contributed by atoms with Crippen molar-refractivity contribution in [2.75, 3.05) is 0 Å². The SMILES string of the molecule is CCCCCCCCCCC(O)/C=C/CCCCC(=O)[O-].[Na+]. The van der Waals surface area contributed by atoms with Crippen LogP contribution >= 0.6 is 0 Å². The molecule has 0 spiro atoms. The van der Waals surface area contributed by atoms with E-state index in [0.29, 0.717) is 6.42 Å². The molecule has 0 aromatic carbocycles. The number of aliphatic carboxylic acids is 1. The van der Waals surface area contributed by atoms with Crippen molar-refractivity contribution < 1.29 is 44.6 Å². The van der Waals surface area contributed by atoms with Crippen LogP contribution in [0.3, 0.4) is 0 Å². The minimum Gasteiger partial charge on any atom is -0.550 e. The number of rotatable bonds is 15. The Morgan fingerprint density at radius 1 is 1.00 bits per heavy atom. The van der Waals surface area contributed by atoms with E-state index in [1.807, 2.05) is 12.2 Å². The molecule has 0 fully saturated rings. The number of hydrogen-bond acceptors (Lipinski definition) is 3. The molecule has 0 aromatic heterocycles. The van der Waals surface area contributed by atoms with Gasteiger partial charge in [0.1, 0.15) is 0 Å². The van der Waals surface area contributed by atoms with Crippen LogP contribution in [0.1, 0.15) is 90.4 Å². The first-order chi connectivity index (χ1) is 10.2. The van der Waals surface area contributed by atoms with Crippen LogP contribution < -0.4 is 34.7 Å². The van der Waals surface area contributed by atoms with Gasteiger partial charge in [-0.15, -0.1) is 0 Å². The Labute approximate surface area is 158 Å². The number of unbranched alkanes of at least 4 members (excludes halogenated alkanes) is 9. The molecule has 0 aliphatic heterocycles.